The van der Waals surface area contributed by atoms with Gasteiger partial charge in [-0.05, 0) is 26.1 Å². The Hall–Kier alpha value is -1.56. The van der Waals surface area contributed by atoms with Crippen LogP contribution in [0, 0.1) is 0 Å². The predicted molar refractivity (Wildman–Crippen MR) is 64.5 cm³/mol. The van der Waals surface area contributed by atoms with Gasteiger partial charge in [-0.3, -0.25) is 5.10 Å². The maximum absolute atomic E-state index is 11.9. The van der Waals surface area contributed by atoms with E-state index in [0.29, 0.717) is 6.54 Å². The van der Waals surface area contributed by atoms with Gasteiger partial charge in [-0.1, -0.05) is 0 Å². The summed E-state index contributed by atoms with van der Waals surface area (Å²) in [4.78, 5) is 16.0. The van der Waals surface area contributed by atoms with Gasteiger partial charge >= 0.3 is 6.03 Å². The van der Waals surface area contributed by atoms with Crippen LogP contribution in [-0.2, 0) is 6.54 Å². The Morgan fingerprint density at radius 1 is 1.47 bits per heavy atom. The number of carbonyl (C=O) groups is 1. The zero-order valence-corrected chi connectivity index (χ0v) is 10.1. The third-order valence-corrected chi connectivity index (χ3v) is 3.00. The first-order valence-corrected chi connectivity index (χ1v) is 5.95. The lowest BCUT2D eigenvalue weighted by atomic mass is 10.4. The van der Waals surface area contributed by atoms with Crippen molar-refractivity contribution >= 4 is 6.03 Å². The normalized spacial score (nSPS) is 17.8. The molecule has 1 fully saturated rings. The van der Waals surface area contributed by atoms with Gasteiger partial charge in [0.05, 0.1) is 12.2 Å². The third kappa shape index (κ3) is 3.45. The zero-order chi connectivity index (χ0) is 12.1. The highest BCUT2D eigenvalue weighted by Gasteiger charge is 2.16. The van der Waals surface area contributed by atoms with Crippen molar-refractivity contribution in [3.05, 3.63) is 18.0 Å². The Morgan fingerprint density at radius 3 is 3.12 bits per heavy atom. The summed E-state index contributed by atoms with van der Waals surface area (Å²) in [6.45, 7) is 4.14. The molecule has 2 amide bonds. The fourth-order valence-corrected chi connectivity index (χ4v) is 1.92. The molecule has 17 heavy (non-hydrogen) atoms. The van der Waals surface area contributed by atoms with Gasteiger partial charge in [0.15, 0.2) is 0 Å². The molecule has 0 radical (unpaired) electrons. The predicted octanol–water partition coefficient (Wildman–Crippen LogP) is 0.257. The number of aromatic amines is 1. The minimum absolute atomic E-state index is 0.00917. The van der Waals surface area contributed by atoms with Crippen molar-refractivity contribution in [3.8, 4) is 0 Å². The molecule has 0 spiro atoms. The second-order valence-electron chi connectivity index (χ2n) is 4.38. The number of aromatic nitrogens is 2. The highest BCUT2D eigenvalue weighted by Crippen LogP contribution is 2.01. The summed E-state index contributed by atoms with van der Waals surface area (Å²) < 4.78 is 0. The number of amides is 2. The average molecular weight is 237 g/mol. The third-order valence-electron chi connectivity index (χ3n) is 3.00. The molecule has 1 saturated heterocycles. The quantitative estimate of drug-likeness (QED) is 0.775. The smallest absolute Gasteiger partial charge is 0.317 e. The molecule has 2 rings (SSSR count). The van der Waals surface area contributed by atoms with Crippen LogP contribution in [0.2, 0.25) is 0 Å². The second kappa shape index (κ2) is 5.67. The van der Waals surface area contributed by atoms with Crippen LogP contribution in [-0.4, -0.2) is 59.3 Å². The van der Waals surface area contributed by atoms with E-state index in [1.165, 1.54) is 0 Å². The van der Waals surface area contributed by atoms with Gasteiger partial charge in [0.2, 0.25) is 0 Å². The van der Waals surface area contributed by atoms with E-state index in [1.54, 1.807) is 6.20 Å². The van der Waals surface area contributed by atoms with Gasteiger partial charge in [0, 0.05) is 25.8 Å². The highest BCUT2D eigenvalue weighted by atomic mass is 16.2. The van der Waals surface area contributed by atoms with E-state index in [9.17, 15) is 4.79 Å². The molecule has 1 aromatic heterocycles. The van der Waals surface area contributed by atoms with Crippen LogP contribution in [0.1, 0.15) is 12.1 Å². The SMILES string of the molecule is CN1CCCN(C(=O)NCc2ccn[nH]2)CC1. The van der Waals surface area contributed by atoms with Crippen LogP contribution in [0.3, 0.4) is 0 Å². The number of urea groups is 1. The van der Waals surface area contributed by atoms with Crippen LogP contribution in [0.15, 0.2) is 12.3 Å². The van der Waals surface area contributed by atoms with Crippen LogP contribution in [0.5, 0.6) is 0 Å². The summed E-state index contributed by atoms with van der Waals surface area (Å²) in [7, 11) is 2.09. The first-order valence-electron chi connectivity index (χ1n) is 5.95. The molecule has 0 unspecified atom stereocenters. The van der Waals surface area contributed by atoms with Gasteiger partial charge in [0.25, 0.3) is 0 Å². The maximum Gasteiger partial charge on any atom is 0.317 e. The van der Waals surface area contributed by atoms with Crippen molar-refractivity contribution in [2.45, 2.75) is 13.0 Å². The molecule has 1 aliphatic rings. The van der Waals surface area contributed by atoms with Gasteiger partial charge < -0.3 is 15.1 Å². The molecule has 0 aliphatic carbocycles. The molecule has 6 nitrogen and oxygen atoms in total. The Labute approximate surface area is 101 Å². The van der Waals surface area contributed by atoms with Gasteiger partial charge in [0.1, 0.15) is 0 Å². The number of H-pyrrole nitrogens is 1. The largest absolute Gasteiger partial charge is 0.332 e. The summed E-state index contributed by atoms with van der Waals surface area (Å²) in [6, 6.07) is 1.87. The summed E-state index contributed by atoms with van der Waals surface area (Å²) in [5.74, 6) is 0. The lowest BCUT2D eigenvalue weighted by Crippen LogP contribution is -2.41. The zero-order valence-electron chi connectivity index (χ0n) is 10.1. The Balaban J connectivity index is 1.79. The molecule has 0 aromatic carbocycles. The number of rotatable bonds is 2. The van der Waals surface area contributed by atoms with E-state index >= 15 is 0 Å². The monoisotopic (exact) mass is 237 g/mol. The highest BCUT2D eigenvalue weighted by molar-refractivity contribution is 5.74. The van der Waals surface area contributed by atoms with Crippen molar-refractivity contribution in [1.82, 2.24) is 25.3 Å². The number of nitrogens with zero attached hydrogens (tertiary/aromatic N) is 3. The van der Waals surface area contributed by atoms with Gasteiger partial charge in [-0.15, -0.1) is 0 Å². The molecule has 1 aromatic rings. The summed E-state index contributed by atoms with van der Waals surface area (Å²) >= 11 is 0. The first-order chi connectivity index (χ1) is 8.25. The average Bonchev–Trinajstić information content (AvgIpc) is 2.74. The molecule has 1 aliphatic heterocycles. The lowest BCUT2D eigenvalue weighted by Gasteiger charge is -2.20. The topological polar surface area (TPSA) is 64.3 Å². The number of carbonyl (C=O) groups excluding carboxylic acids is 1. The van der Waals surface area contributed by atoms with Crippen LogP contribution < -0.4 is 5.32 Å². The fourth-order valence-electron chi connectivity index (χ4n) is 1.92. The van der Waals surface area contributed by atoms with Crippen molar-refractivity contribution < 1.29 is 4.79 Å². The van der Waals surface area contributed by atoms with Crippen molar-refractivity contribution in [3.63, 3.8) is 0 Å². The molecule has 94 valence electrons. The van der Waals surface area contributed by atoms with Crippen LogP contribution >= 0.6 is 0 Å². The van der Waals surface area contributed by atoms with E-state index in [1.807, 2.05) is 11.0 Å². The van der Waals surface area contributed by atoms with E-state index in [4.69, 9.17) is 0 Å². The fraction of sp³-hybridized carbons (Fsp3) is 0.636. The van der Waals surface area contributed by atoms with E-state index in [-0.39, 0.29) is 6.03 Å². The Bertz CT molecular complexity index is 351. The Morgan fingerprint density at radius 2 is 2.35 bits per heavy atom. The van der Waals surface area contributed by atoms with Crippen molar-refractivity contribution in [2.75, 3.05) is 33.2 Å². The second-order valence-corrected chi connectivity index (χ2v) is 4.38. The van der Waals surface area contributed by atoms with E-state index in [0.717, 1.165) is 38.3 Å². The number of hydrogen-bond acceptors (Lipinski definition) is 3. The summed E-state index contributed by atoms with van der Waals surface area (Å²) in [6.07, 6.45) is 2.72. The van der Waals surface area contributed by atoms with E-state index in [2.05, 4.69) is 27.5 Å². The van der Waals surface area contributed by atoms with Crippen LogP contribution in [0.25, 0.3) is 0 Å². The molecule has 0 atom stereocenters. The van der Waals surface area contributed by atoms with E-state index < -0.39 is 0 Å². The molecular weight excluding hydrogens is 218 g/mol. The minimum atomic E-state index is 0.00917. The molecular formula is C11H19N5O. The molecule has 0 saturated carbocycles. The Kier molecular flexibility index (Phi) is 3.98. The number of nitrogens with one attached hydrogen (secondary N) is 2. The van der Waals surface area contributed by atoms with Crippen molar-refractivity contribution in [1.29, 1.82) is 0 Å². The minimum Gasteiger partial charge on any atom is -0.332 e. The standard InChI is InChI=1S/C11H19N5O/c1-15-5-2-6-16(8-7-15)11(17)12-9-10-3-4-13-14-10/h3-4H,2,5-9H2,1H3,(H,12,17)(H,13,14). The summed E-state index contributed by atoms with van der Waals surface area (Å²) in [5.41, 5.74) is 0.922. The van der Waals surface area contributed by atoms with Gasteiger partial charge in [-0.25, -0.2) is 4.79 Å². The molecule has 0 bridgehead atoms. The van der Waals surface area contributed by atoms with Crippen LogP contribution in [0.4, 0.5) is 4.79 Å². The molecule has 2 N–H and O–H groups in total. The first kappa shape index (κ1) is 11.9. The van der Waals surface area contributed by atoms with Gasteiger partial charge in [-0.2, -0.15) is 5.10 Å². The molecule has 6 heteroatoms. The lowest BCUT2D eigenvalue weighted by molar-refractivity contribution is 0.199. The maximum atomic E-state index is 11.9. The number of likely N-dealkylation sites (N-methyl/N-ethyl adjacent to an activating group) is 1. The summed E-state index contributed by atoms with van der Waals surface area (Å²) in [5, 5.41) is 9.56. The van der Waals surface area contributed by atoms with Crippen molar-refractivity contribution in [2.24, 2.45) is 0 Å². The molecule has 2 heterocycles. The number of hydrogen-bond donors (Lipinski definition) is 2.